The first-order valence-corrected chi connectivity index (χ1v) is 5.51. The summed E-state index contributed by atoms with van der Waals surface area (Å²) in [4.78, 5) is 0. The van der Waals surface area contributed by atoms with Gasteiger partial charge >= 0.3 is 0 Å². The summed E-state index contributed by atoms with van der Waals surface area (Å²) in [5.41, 5.74) is 4.12. The highest BCUT2D eigenvalue weighted by Gasteiger charge is 2.63. The van der Waals surface area contributed by atoms with Gasteiger partial charge in [-0.25, -0.2) is 0 Å². The van der Waals surface area contributed by atoms with E-state index in [9.17, 15) is 5.11 Å². The second-order valence-corrected chi connectivity index (χ2v) is 5.19. The molecule has 2 aliphatic carbocycles. The fourth-order valence-corrected chi connectivity index (χ4v) is 3.60. The first-order valence-electron chi connectivity index (χ1n) is 5.51. The van der Waals surface area contributed by atoms with Crippen molar-refractivity contribution >= 4 is 0 Å². The maximum atomic E-state index is 9.69. The molecule has 1 fully saturated rings. The zero-order valence-electron chi connectivity index (χ0n) is 9.09. The number of hydrogen-bond donors (Lipinski definition) is 1. The van der Waals surface area contributed by atoms with E-state index in [0.717, 1.165) is 12.8 Å². The van der Waals surface area contributed by atoms with Gasteiger partial charge in [-0.2, -0.15) is 0 Å². The summed E-state index contributed by atoms with van der Waals surface area (Å²) in [5, 5.41) is 9.69. The summed E-state index contributed by atoms with van der Waals surface area (Å²) in [6.07, 6.45) is 2.00. The predicted molar refractivity (Wildman–Crippen MR) is 60.8 cm³/mol. The van der Waals surface area contributed by atoms with Crippen molar-refractivity contribution < 1.29 is 5.11 Å². The molecule has 0 radical (unpaired) electrons. The van der Waals surface area contributed by atoms with Gasteiger partial charge in [0.05, 0.1) is 6.61 Å². The van der Waals surface area contributed by atoms with Crippen LogP contribution in [0.15, 0.2) is 36.4 Å². The monoisotopic (exact) mass is 200 g/mol. The molecule has 1 N–H and O–H groups in total. The number of hydrogen-bond acceptors (Lipinski definition) is 1. The normalized spacial score (nSPS) is 37.1. The van der Waals surface area contributed by atoms with Crippen LogP contribution in [0.25, 0.3) is 0 Å². The van der Waals surface area contributed by atoms with Crippen molar-refractivity contribution in [1.82, 2.24) is 0 Å². The Morgan fingerprint density at radius 1 is 1.33 bits per heavy atom. The van der Waals surface area contributed by atoms with E-state index in [2.05, 4.69) is 37.8 Å². The van der Waals surface area contributed by atoms with Gasteiger partial charge in [0.1, 0.15) is 0 Å². The van der Waals surface area contributed by atoms with Crippen LogP contribution < -0.4 is 0 Å². The lowest BCUT2D eigenvalue weighted by molar-refractivity contribution is 0.0355. The van der Waals surface area contributed by atoms with Gasteiger partial charge in [-0.05, 0) is 24.0 Å². The van der Waals surface area contributed by atoms with Crippen LogP contribution in [0.1, 0.15) is 24.5 Å². The van der Waals surface area contributed by atoms with Gasteiger partial charge < -0.3 is 5.11 Å². The molecule has 0 amide bonds. The number of aliphatic hydroxyl groups excluding tert-OH is 1. The standard InChI is InChI=1S/C14H16O/c1-10-7-13(2)12-6-4-3-5-11(12)8-14(10,13)9-15/h3-6,15H,1,7-9H2,2H3/t13-,14+/m1/s1. The quantitative estimate of drug-likeness (QED) is 0.690. The summed E-state index contributed by atoms with van der Waals surface area (Å²) < 4.78 is 0. The highest BCUT2D eigenvalue weighted by Crippen LogP contribution is 2.66. The molecule has 0 aromatic heterocycles. The number of rotatable bonds is 1. The Labute approximate surface area is 90.4 Å². The minimum Gasteiger partial charge on any atom is -0.395 e. The third-order valence-electron chi connectivity index (χ3n) is 4.67. The summed E-state index contributed by atoms with van der Waals surface area (Å²) in [7, 11) is 0. The zero-order valence-corrected chi connectivity index (χ0v) is 9.09. The maximum Gasteiger partial charge on any atom is 0.0536 e. The van der Waals surface area contributed by atoms with E-state index in [1.807, 2.05) is 0 Å². The Bertz CT molecular complexity index is 448. The molecule has 1 nitrogen and oxygen atoms in total. The molecule has 0 aliphatic heterocycles. The molecular formula is C14H16O. The van der Waals surface area contributed by atoms with Gasteiger partial charge in [0, 0.05) is 10.8 Å². The van der Waals surface area contributed by atoms with Gasteiger partial charge in [-0.1, -0.05) is 43.3 Å². The molecule has 1 heteroatoms. The summed E-state index contributed by atoms with van der Waals surface area (Å²) in [6.45, 7) is 6.62. The topological polar surface area (TPSA) is 20.2 Å². The molecule has 0 saturated heterocycles. The lowest BCUT2D eigenvalue weighted by atomic mass is 9.48. The van der Waals surface area contributed by atoms with Crippen LogP contribution >= 0.6 is 0 Å². The van der Waals surface area contributed by atoms with Gasteiger partial charge in [0.15, 0.2) is 0 Å². The van der Waals surface area contributed by atoms with Crippen LogP contribution in [-0.4, -0.2) is 11.7 Å². The molecular weight excluding hydrogens is 184 g/mol. The van der Waals surface area contributed by atoms with E-state index in [-0.39, 0.29) is 17.4 Å². The zero-order chi connectivity index (χ0) is 10.7. The molecule has 0 unspecified atom stereocenters. The lowest BCUT2D eigenvalue weighted by Gasteiger charge is -2.55. The van der Waals surface area contributed by atoms with Gasteiger partial charge in [0.25, 0.3) is 0 Å². The van der Waals surface area contributed by atoms with Crippen LogP contribution in [0, 0.1) is 5.41 Å². The van der Waals surface area contributed by atoms with Crippen LogP contribution in [-0.2, 0) is 11.8 Å². The first kappa shape index (κ1) is 9.17. The minimum absolute atomic E-state index is 0.0588. The number of benzene rings is 1. The van der Waals surface area contributed by atoms with E-state index in [1.54, 1.807) is 0 Å². The SMILES string of the molecule is C=C1C[C@]2(C)c3ccccc3C[C@]12CO. The molecule has 78 valence electrons. The minimum atomic E-state index is -0.0588. The molecule has 1 aromatic rings. The Hall–Kier alpha value is -1.08. The predicted octanol–water partition coefficient (Wildman–Crippen LogP) is 2.44. The Balaban J connectivity index is 2.20. The maximum absolute atomic E-state index is 9.69. The third kappa shape index (κ3) is 0.799. The number of aliphatic hydroxyl groups is 1. The molecule has 1 saturated carbocycles. The van der Waals surface area contributed by atoms with Crippen molar-refractivity contribution in [2.45, 2.75) is 25.2 Å². The molecule has 1 aromatic carbocycles. The van der Waals surface area contributed by atoms with Crippen LogP contribution in [0.4, 0.5) is 0 Å². The van der Waals surface area contributed by atoms with E-state index in [1.165, 1.54) is 16.7 Å². The summed E-state index contributed by atoms with van der Waals surface area (Å²) in [5.74, 6) is 0. The highest BCUT2D eigenvalue weighted by molar-refractivity contribution is 5.53. The lowest BCUT2D eigenvalue weighted by Crippen LogP contribution is -2.54. The van der Waals surface area contributed by atoms with E-state index < -0.39 is 0 Å². The van der Waals surface area contributed by atoms with Crippen molar-refractivity contribution in [3.05, 3.63) is 47.5 Å². The molecule has 15 heavy (non-hydrogen) atoms. The molecule has 0 spiro atoms. The average Bonchev–Trinajstić information content (AvgIpc) is 2.45. The van der Waals surface area contributed by atoms with Gasteiger partial charge in [0.2, 0.25) is 0 Å². The van der Waals surface area contributed by atoms with E-state index in [0.29, 0.717) is 0 Å². The molecule has 2 aliphatic rings. The van der Waals surface area contributed by atoms with Crippen LogP contribution in [0.3, 0.4) is 0 Å². The highest BCUT2D eigenvalue weighted by atomic mass is 16.3. The van der Waals surface area contributed by atoms with Crippen molar-refractivity contribution in [3.8, 4) is 0 Å². The summed E-state index contributed by atoms with van der Waals surface area (Å²) in [6, 6.07) is 8.57. The van der Waals surface area contributed by atoms with Crippen LogP contribution in [0.5, 0.6) is 0 Å². The fraction of sp³-hybridized carbons (Fsp3) is 0.429. The molecule has 2 atom stereocenters. The van der Waals surface area contributed by atoms with Crippen molar-refractivity contribution in [3.63, 3.8) is 0 Å². The number of fused-ring (bicyclic) bond motifs is 3. The summed E-state index contributed by atoms with van der Waals surface area (Å²) >= 11 is 0. The Kier molecular flexibility index (Phi) is 1.55. The van der Waals surface area contributed by atoms with Gasteiger partial charge in [-0.3, -0.25) is 0 Å². The van der Waals surface area contributed by atoms with E-state index in [4.69, 9.17) is 0 Å². The Morgan fingerprint density at radius 2 is 2.07 bits per heavy atom. The molecule has 0 bridgehead atoms. The van der Waals surface area contributed by atoms with Crippen molar-refractivity contribution in [1.29, 1.82) is 0 Å². The van der Waals surface area contributed by atoms with Gasteiger partial charge in [-0.15, -0.1) is 0 Å². The van der Waals surface area contributed by atoms with Crippen molar-refractivity contribution in [2.24, 2.45) is 5.41 Å². The van der Waals surface area contributed by atoms with Crippen molar-refractivity contribution in [2.75, 3.05) is 6.61 Å². The first-order chi connectivity index (χ1) is 7.14. The van der Waals surface area contributed by atoms with Crippen LogP contribution in [0.2, 0.25) is 0 Å². The third-order valence-corrected chi connectivity index (χ3v) is 4.67. The Morgan fingerprint density at radius 3 is 2.73 bits per heavy atom. The average molecular weight is 200 g/mol. The second kappa shape index (κ2) is 2.53. The van der Waals surface area contributed by atoms with E-state index >= 15 is 0 Å². The second-order valence-electron chi connectivity index (χ2n) is 5.19. The fourth-order valence-electron chi connectivity index (χ4n) is 3.60. The largest absolute Gasteiger partial charge is 0.395 e. The smallest absolute Gasteiger partial charge is 0.0536 e. The molecule has 3 rings (SSSR count). The molecule has 0 heterocycles.